The van der Waals surface area contributed by atoms with E-state index >= 15 is 0 Å². The number of rotatable bonds is 3. The van der Waals surface area contributed by atoms with Crippen LogP contribution in [0.5, 0.6) is 0 Å². The van der Waals surface area contributed by atoms with E-state index in [-0.39, 0.29) is 0 Å². The number of nitrogens with two attached hydrogens (primary N) is 1. The molecule has 5 heteroatoms. The monoisotopic (exact) mass is 298 g/mol. The molecule has 0 radical (unpaired) electrons. The van der Waals surface area contributed by atoms with E-state index in [0.29, 0.717) is 12.5 Å². The van der Waals surface area contributed by atoms with Gasteiger partial charge in [0.1, 0.15) is 11.5 Å². The Morgan fingerprint density at radius 2 is 2.09 bits per heavy atom. The topological polar surface area (TPSA) is 76.4 Å². The van der Waals surface area contributed by atoms with E-state index in [1.807, 2.05) is 6.07 Å². The summed E-state index contributed by atoms with van der Waals surface area (Å²) < 4.78 is 5.39. The fourth-order valence-corrected chi connectivity index (χ4v) is 2.74. The van der Waals surface area contributed by atoms with Crippen molar-refractivity contribution in [2.75, 3.05) is 5.32 Å². The van der Waals surface area contributed by atoms with Gasteiger partial charge in [-0.2, -0.15) is 0 Å². The van der Waals surface area contributed by atoms with Crippen molar-refractivity contribution in [1.29, 1.82) is 0 Å². The number of aryl methyl sites for hydroxylation is 3. The number of hydrogen-bond acceptors (Lipinski definition) is 3. The molecule has 2 aromatic rings. The molecule has 0 amide bonds. The summed E-state index contributed by atoms with van der Waals surface area (Å²) >= 11 is 0. The van der Waals surface area contributed by atoms with Crippen LogP contribution in [0.25, 0.3) is 0 Å². The number of fused-ring (bicyclic) bond motifs is 1. The summed E-state index contributed by atoms with van der Waals surface area (Å²) in [5.41, 5.74) is 11.5. The molecule has 1 aromatic heterocycles. The Kier molecular flexibility index (Phi) is 4.13. The lowest BCUT2D eigenvalue weighted by atomic mass is 9.96. The van der Waals surface area contributed by atoms with Gasteiger partial charge in [-0.05, 0) is 56.4 Å². The first-order valence-corrected chi connectivity index (χ1v) is 7.74. The summed E-state index contributed by atoms with van der Waals surface area (Å²) in [6.45, 7) is 4.63. The van der Waals surface area contributed by atoms with Crippen LogP contribution in [0.2, 0.25) is 0 Å². The SMILES string of the molecule is Cc1ccc(NC(N)=NCc2noc3c2CCCC3)cc1C. The smallest absolute Gasteiger partial charge is 0.193 e. The van der Waals surface area contributed by atoms with E-state index < -0.39 is 0 Å². The molecule has 0 unspecified atom stereocenters. The maximum atomic E-state index is 5.97. The first-order chi connectivity index (χ1) is 10.6. The molecule has 1 aliphatic rings. The average molecular weight is 298 g/mol. The summed E-state index contributed by atoms with van der Waals surface area (Å²) in [5.74, 6) is 1.42. The van der Waals surface area contributed by atoms with E-state index in [1.165, 1.54) is 29.5 Å². The molecule has 0 fully saturated rings. The number of nitrogens with zero attached hydrogens (tertiary/aromatic N) is 2. The number of anilines is 1. The lowest BCUT2D eigenvalue weighted by Gasteiger charge is -2.09. The second-order valence-electron chi connectivity index (χ2n) is 5.86. The zero-order chi connectivity index (χ0) is 15.5. The third kappa shape index (κ3) is 3.13. The second-order valence-corrected chi connectivity index (χ2v) is 5.86. The van der Waals surface area contributed by atoms with Gasteiger partial charge in [-0.3, -0.25) is 0 Å². The van der Waals surface area contributed by atoms with Crippen LogP contribution < -0.4 is 11.1 Å². The van der Waals surface area contributed by atoms with Gasteiger partial charge in [0.05, 0.1) is 6.54 Å². The summed E-state index contributed by atoms with van der Waals surface area (Å²) in [5, 5.41) is 7.26. The van der Waals surface area contributed by atoms with E-state index in [2.05, 4.69) is 41.4 Å². The molecule has 1 heterocycles. The van der Waals surface area contributed by atoms with Gasteiger partial charge in [-0.1, -0.05) is 11.2 Å². The van der Waals surface area contributed by atoms with Crippen LogP contribution in [-0.2, 0) is 19.4 Å². The highest BCUT2D eigenvalue weighted by Crippen LogP contribution is 2.24. The number of hydrogen-bond donors (Lipinski definition) is 2. The van der Waals surface area contributed by atoms with Crippen LogP contribution in [0.3, 0.4) is 0 Å². The first-order valence-electron chi connectivity index (χ1n) is 7.74. The molecule has 0 atom stereocenters. The molecule has 22 heavy (non-hydrogen) atoms. The number of aromatic nitrogens is 1. The Hall–Kier alpha value is -2.30. The first kappa shape index (κ1) is 14.6. The Morgan fingerprint density at radius 3 is 2.91 bits per heavy atom. The highest BCUT2D eigenvalue weighted by atomic mass is 16.5. The fourth-order valence-electron chi connectivity index (χ4n) is 2.74. The zero-order valence-electron chi connectivity index (χ0n) is 13.1. The molecule has 1 aliphatic carbocycles. The third-order valence-electron chi connectivity index (χ3n) is 4.21. The maximum Gasteiger partial charge on any atom is 0.193 e. The van der Waals surface area contributed by atoms with Crippen LogP contribution in [0, 0.1) is 13.8 Å². The molecule has 0 aliphatic heterocycles. The lowest BCUT2D eigenvalue weighted by Crippen LogP contribution is -2.22. The third-order valence-corrected chi connectivity index (χ3v) is 4.21. The minimum absolute atomic E-state index is 0.399. The minimum atomic E-state index is 0.399. The Bertz CT molecular complexity index is 703. The number of guanidine groups is 1. The molecule has 3 rings (SSSR count). The lowest BCUT2D eigenvalue weighted by molar-refractivity contribution is 0.368. The average Bonchev–Trinajstić information content (AvgIpc) is 2.92. The molecular formula is C17H22N4O. The zero-order valence-corrected chi connectivity index (χ0v) is 13.1. The van der Waals surface area contributed by atoms with Gasteiger partial charge >= 0.3 is 0 Å². The Labute approximate surface area is 130 Å². The van der Waals surface area contributed by atoms with Crippen LogP contribution in [-0.4, -0.2) is 11.1 Å². The van der Waals surface area contributed by atoms with Gasteiger partial charge in [0.2, 0.25) is 0 Å². The van der Waals surface area contributed by atoms with E-state index in [0.717, 1.165) is 30.0 Å². The van der Waals surface area contributed by atoms with Crippen LogP contribution >= 0.6 is 0 Å². The quantitative estimate of drug-likeness (QED) is 0.674. The Morgan fingerprint density at radius 1 is 1.27 bits per heavy atom. The maximum absolute atomic E-state index is 5.97. The molecule has 0 saturated carbocycles. The van der Waals surface area contributed by atoms with Gasteiger partial charge in [0.15, 0.2) is 5.96 Å². The summed E-state index contributed by atoms with van der Waals surface area (Å²) in [4.78, 5) is 4.38. The van der Waals surface area contributed by atoms with Crippen LogP contribution in [0.15, 0.2) is 27.7 Å². The van der Waals surface area contributed by atoms with Crippen molar-refractivity contribution < 1.29 is 4.52 Å². The van der Waals surface area contributed by atoms with Crippen molar-refractivity contribution in [1.82, 2.24) is 5.16 Å². The molecule has 5 nitrogen and oxygen atoms in total. The van der Waals surface area contributed by atoms with Crippen LogP contribution in [0.4, 0.5) is 5.69 Å². The highest BCUT2D eigenvalue weighted by Gasteiger charge is 2.18. The number of benzene rings is 1. The normalized spacial score (nSPS) is 14.7. The molecule has 116 valence electrons. The van der Waals surface area contributed by atoms with Crippen molar-refractivity contribution in [2.45, 2.75) is 46.1 Å². The van der Waals surface area contributed by atoms with Crippen molar-refractivity contribution in [2.24, 2.45) is 10.7 Å². The highest BCUT2D eigenvalue weighted by molar-refractivity contribution is 5.92. The van der Waals surface area contributed by atoms with E-state index in [1.54, 1.807) is 0 Å². The molecule has 0 spiro atoms. The summed E-state index contributed by atoms with van der Waals surface area (Å²) in [6.07, 6.45) is 4.40. The molecule has 1 aromatic carbocycles. The second kappa shape index (κ2) is 6.22. The van der Waals surface area contributed by atoms with Crippen molar-refractivity contribution in [3.05, 3.63) is 46.3 Å². The van der Waals surface area contributed by atoms with Gasteiger partial charge in [0.25, 0.3) is 0 Å². The number of aliphatic imine (C=N–C) groups is 1. The van der Waals surface area contributed by atoms with Gasteiger partial charge in [0, 0.05) is 17.7 Å². The predicted molar refractivity (Wildman–Crippen MR) is 88.0 cm³/mol. The standard InChI is InChI=1S/C17H22N4O/c1-11-7-8-13(9-12(11)2)20-17(18)19-10-15-14-5-3-4-6-16(14)22-21-15/h7-9H,3-6,10H2,1-2H3,(H3,18,19,20). The summed E-state index contributed by atoms with van der Waals surface area (Å²) in [7, 11) is 0. The molecular weight excluding hydrogens is 276 g/mol. The molecule has 0 saturated heterocycles. The van der Waals surface area contributed by atoms with Crippen molar-refractivity contribution in [3.8, 4) is 0 Å². The number of nitrogens with one attached hydrogen (secondary N) is 1. The van der Waals surface area contributed by atoms with Gasteiger partial charge in [-0.25, -0.2) is 4.99 Å². The van der Waals surface area contributed by atoms with E-state index in [4.69, 9.17) is 10.3 Å². The van der Waals surface area contributed by atoms with Crippen molar-refractivity contribution in [3.63, 3.8) is 0 Å². The molecule has 3 N–H and O–H groups in total. The predicted octanol–water partition coefficient (Wildman–Crippen LogP) is 3.10. The molecule has 0 bridgehead atoms. The van der Waals surface area contributed by atoms with E-state index in [9.17, 15) is 0 Å². The fraction of sp³-hybridized carbons (Fsp3) is 0.412. The summed E-state index contributed by atoms with van der Waals surface area (Å²) in [6, 6.07) is 6.14. The Balaban J connectivity index is 1.67. The van der Waals surface area contributed by atoms with Gasteiger partial charge in [-0.15, -0.1) is 0 Å². The largest absolute Gasteiger partial charge is 0.370 e. The minimum Gasteiger partial charge on any atom is -0.370 e. The van der Waals surface area contributed by atoms with Crippen LogP contribution in [0.1, 0.15) is 41.0 Å². The van der Waals surface area contributed by atoms with Crippen molar-refractivity contribution >= 4 is 11.6 Å². The van der Waals surface area contributed by atoms with Gasteiger partial charge < -0.3 is 15.6 Å².